The van der Waals surface area contributed by atoms with E-state index in [1.165, 1.54) is 22.5 Å². The highest BCUT2D eigenvalue weighted by atomic mass is 32.1. The molecule has 0 aliphatic rings. The maximum absolute atomic E-state index is 12.6. The second-order valence-electron chi connectivity index (χ2n) is 6.35. The van der Waals surface area contributed by atoms with Crippen LogP contribution in [0.1, 0.15) is 33.3 Å². The molecule has 2 heterocycles. The number of anilines is 1. The number of rotatable bonds is 6. The van der Waals surface area contributed by atoms with Crippen LogP contribution in [0, 0.1) is 13.8 Å². The smallest absolute Gasteiger partial charge is 0.247 e. The van der Waals surface area contributed by atoms with Gasteiger partial charge in [-0.2, -0.15) is 5.10 Å². The van der Waals surface area contributed by atoms with Gasteiger partial charge in [0.2, 0.25) is 5.91 Å². The monoisotopic (exact) mass is 369 g/mol. The Kier molecular flexibility index (Phi) is 5.49. The van der Waals surface area contributed by atoms with Gasteiger partial charge in [0.1, 0.15) is 6.04 Å². The number of aromatic nitrogens is 3. The van der Waals surface area contributed by atoms with Gasteiger partial charge in [-0.25, -0.2) is 4.98 Å². The number of aryl methyl sites for hydroxylation is 3. The van der Waals surface area contributed by atoms with Gasteiger partial charge in [-0.05, 0) is 26.5 Å². The number of amides is 1. The standard InChI is InChI=1S/C19H23N5OS/c1-12-5-7-14(8-6-12)9-16-13(2)22-19(26-16)23-18(25)17(20-3)15-10-21-24(4)11-15/h5-8,10-11,17,20H,9H2,1-4H3,(H,22,23,25). The molecule has 0 aliphatic carbocycles. The van der Waals surface area contributed by atoms with E-state index >= 15 is 0 Å². The minimum absolute atomic E-state index is 0.142. The number of hydrogen-bond acceptors (Lipinski definition) is 5. The molecule has 6 nitrogen and oxygen atoms in total. The first-order valence-corrected chi connectivity index (χ1v) is 9.26. The molecule has 7 heteroatoms. The van der Waals surface area contributed by atoms with Gasteiger partial charge in [0, 0.05) is 30.1 Å². The first-order chi connectivity index (χ1) is 12.5. The van der Waals surface area contributed by atoms with Crippen LogP contribution in [0.5, 0.6) is 0 Å². The van der Waals surface area contributed by atoms with E-state index in [0.29, 0.717) is 5.13 Å². The van der Waals surface area contributed by atoms with Crippen molar-refractivity contribution in [2.75, 3.05) is 12.4 Å². The molecule has 1 aromatic carbocycles. The number of thiazole rings is 1. The Morgan fingerprint density at radius 3 is 2.62 bits per heavy atom. The average molecular weight is 369 g/mol. The number of carbonyl (C=O) groups is 1. The lowest BCUT2D eigenvalue weighted by Crippen LogP contribution is -2.30. The van der Waals surface area contributed by atoms with E-state index in [1.807, 2.05) is 20.2 Å². The van der Waals surface area contributed by atoms with E-state index in [0.717, 1.165) is 22.6 Å². The van der Waals surface area contributed by atoms with Crippen LogP contribution in [0.25, 0.3) is 0 Å². The van der Waals surface area contributed by atoms with Gasteiger partial charge < -0.3 is 10.6 Å². The highest BCUT2D eigenvalue weighted by molar-refractivity contribution is 7.15. The molecular weight excluding hydrogens is 346 g/mol. The largest absolute Gasteiger partial charge is 0.305 e. The van der Waals surface area contributed by atoms with Crippen molar-refractivity contribution in [3.63, 3.8) is 0 Å². The van der Waals surface area contributed by atoms with Gasteiger partial charge >= 0.3 is 0 Å². The van der Waals surface area contributed by atoms with Crippen molar-refractivity contribution in [2.24, 2.45) is 7.05 Å². The minimum atomic E-state index is -0.464. The Morgan fingerprint density at radius 2 is 2.00 bits per heavy atom. The molecule has 2 aromatic heterocycles. The molecule has 0 saturated heterocycles. The first-order valence-electron chi connectivity index (χ1n) is 8.45. The Bertz CT molecular complexity index is 897. The molecule has 0 spiro atoms. The fourth-order valence-corrected chi connectivity index (χ4v) is 3.75. The molecule has 0 radical (unpaired) electrons. The Labute approximate surface area is 157 Å². The molecular formula is C19H23N5OS. The fraction of sp³-hybridized carbons (Fsp3) is 0.316. The zero-order chi connectivity index (χ0) is 18.7. The third-order valence-electron chi connectivity index (χ3n) is 4.22. The summed E-state index contributed by atoms with van der Waals surface area (Å²) in [5.41, 5.74) is 4.26. The molecule has 2 N–H and O–H groups in total. The topological polar surface area (TPSA) is 71.8 Å². The van der Waals surface area contributed by atoms with Crippen LogP contribution in [0.2, 0.25) is 0 Å². The first kappa shape index (κ1) is 18.3. The van der Waals surface area contributed by atoms with E-state index in [4.69, 9.17) is 0 Å². The normalized spacial score (nSPS) is 12.2. The number of carbonyl (C=O) groups excluding carboxylic acids is 1. The maximum Gasteiger partial charge on any atom is 0.247 e. The van der Waals surface area contributed by atoms with Gasteiger partial charge in [0.15, 0.2) is 5.13 Å². The molecule has 1 amide bonds. The third kappa shape index (κ3) is 4.17. The molecule has 3 rings (SSSR count). The predicted molar refractivity (Wildman–Crippen MR) is 104 cm³/mol. The minimum Gasteiger partial charge on any atom is -0.305 e. The van der Waals surface area contributed by atoms with Crippen molar-refractivity contribution in [3.8, 4) is 0 Å². The Hall–Kier alpha value is -2.51. The molecule has 0 fully saturated rings. The quantitative estimate of drug-likeness (QED) is 0.701. The van der Waals surface area contributed by atoms with Crippen molar-refractivity contribution in [2.45, 2.75) is 26.3 Å². The van der Waals surface area contributed by atoms with Crippen LogP contribution < -0.4 is 10.6 Å². The highest BCUT2D eigenvalue weighted by Gasteiger charge is 2.21. The van der Waals surface area contributed by atoms with E-state index in [2.05, 4.69) is 51.9 Å². The van der Waals surface area contributed by atoms with Crippen molar-refractivity contribution in [3.05, 3.63) is 63.9 Å². The molecule has 1 atom stereocenters. The van der Waals surface area contributed by atoms with E-state index in [9.17, 15) is 4.79 Å². The van der Waals surface area contributed by atoms with Crippen LogP contribution in [0.15, 0.2) is 36.7 Å². The summed E-state index contributed by atoms with van der Waals surface area (Å²) < 4.78 is 1.68. The molecule has 26 heavy (non-hydrogen) atoms. The molecule has 0 saturated carbocycles. The average Bonchev–Trinajstić information content (AvgIpc) is 3.16. The maximum atomic E-state index is 12.6. The SMILES string of the molecule is CNC(C(=O)Nc1nc(C)c(Cc2ccc(C)cc2)s1)c1cnn(C)c1. The lowest BCUT2D eigenvalue weighted by molar-refractivity contribution is -0.118. The predicted octanol–water partition coefficient (Wildman–Crippen LogP) is 2.98. The fourth-order valence-electron chi connectivity index (χ4n) is 2.75. The molecule has 1 unspecified atom stereocenters. The summed E-state index contributed by atoms with van der Waals surface area (Å²) >= 11 is 1.52. The van der Waals surface area contributed by atoms with Crippen LogP contribution in [0.3, 0.4) is 0 Å². The zero-order valence-corrected chi connectivity index (χ0v) is 16.2. The molecule has 0 aliphatic heterocycles. The Balaban J connectivity index is 1.71. The lowest BCUT2D eigenvalue weighted by Gasteiger charge is -2.12. The van der Waals surface area contributed by atoms with Gasteiger partial charge in [0.05, 0.1) is 11.9 Å². The number of nitrogens with one attached hydrogen (secondary N) is 2. The second kappa shape index (κ2) is 7.80. The molecule has 136 valence electrons. The Morgan fingerprint density at radius 1 is 1.27 bits per heavy atom. The lowest BCUT2D eigenvalue weighted by atomic mass is 10.1. The summed E-state index contributed by atoms with van der Waals surface area (Å²) in [6, 6.07) is 8.02. The number of benzene rings is 1. The van der Waals surface area contributed by atoms with Crippen LogP contribution >= 0.6 is 11.3 Å². The van der Waals surface area contributed by atoms with Crippen molar-refractivity contribution in [1.29, 1.82) is 0 Å². The van der Waals surface area contributed by atoms with Crippen molar-refractivity contribution in [1.82, 2.24) is 20.1 Å². The van der Waals surface area contributed by atoms with Gasteiger partial charge in [-0.15, -0.1) is 11.3 Å². The van der Waals surface area contributed by atoms with Gasteiger partial charge in [-0.1, -0.05) is 29.8 Å². The molecule has 0 bridgehead atoms. The number of likely N-dealkylation sites (N-methyl/N-ethyl adjacent to an activating group) is 1. The van der Waals surface area contributed by atoms with Gasteiger partial charge in [0.25, 0.3) is 0 Å². The summed E-state index contributed by atoms with van der Waals surface area (Å²) in [4.78, 5) is 18.3. The van der Waals surface area contributed by atoms with E-state index < -0.39 is 6.04 Å². The van der Waals surface area contributed by atoms with Crippen LogP contribution in [-0.2, 0) is 18.3 Å². The summed E-state index contributed by atoms with van der Waals surface area (Å²) in [7, 11) is 3.59. The second-order valence-corrected chi connectivity index (χ2v) is 7.43. The van der Waals surface area contributed by atoms with Crippen molar-refractivity contribution < 1.29 is 4.79 Å². The number of nitrogens with zero attached hydrogens (tertiary/aromatic N) is 3. The third-order valence-corrected chi connectivity index (χ3v) is 5.29. The van der Waals surface area contributed by atoms with E-state index in [1.54, 1.807) is 17.9 Å². The van der Waals surface area contributed by atoms with Gasteiger partial charge in [-0.3, -0.25) is 9.48 Å². The summed E-state index contributed by atoms with van der Waals surface area (Å²) in [6.45, 7) is 4.06. The van der Waals surface area contributed by atoms with Crippen LogP contribution in [0.4, 0.5) is 5.13 Å². The highest BCUT2D eigenvalue weighted by Crippen LogP contribution is 2.26. The number of hydrogen-bond donors (Lipinski definition) is 2. The summed E-state index contributed by atoms with van der Waals surface area (Å²) in [5.74, 6) is -0.142. The van der Waals surface area contributed by atoms with E-state index in [-0.39, 0.29) is 5.91 Å². The zero-order valence-electron chi connectivity index (χ0n) is 15.4. The summed E-state index contributed by atoms with van der Waals surface area (Å²) in [5, 5.41) is 10.7. The molecule has 3 aromatic rings. The van der Waals surface area contributed by atoms with Crippen molar-refractivity contribution >= 4 is 22.4 Å². The van der Waals surface area contributed by atoms with Crippen LogP contribution in [-0.4, -0.2) is 27.7 Å². The summed E-state index contributed by atoms with van der Waals surface area (Å²) in [6.07, 6.45) is 4.34.